The minimum Gasteiger partial charge on any atom is -0.282 e. The monoisotopic (exact) mass is 230 g/mol. The number of H-pyrrole nitrogens is 1. The van der Waals surface area contributed by atoms with Gasteiger partial charge in [-0.25, -0.2) is 0 Å². The number of nitrogens with one attached hydrogen (secondary N) is 1. The first-order chi connectivity index (χ1) is 8.16. The molecule has 17 heavy (non-hydrogen) atoms. The molecule has 2 rings (SSSR count). The van der Waals surface area contributed by atoms with Gasteiger partial charge in [-0.05, 0) is 18.4 Å². The summed E-state index contributed by atoms with van der Waals surface area (Å²) in [6.07, 6.45) is 6.14. The van der Waals surface area contributed by atoms with E-state index < -0.39 is 0 Å². The third-order valence-corrected chi connectivity index (χ3v) is 2.88. The molecule has 0 amide bonds. The van der Waals surface area contributed by atoms with Gasteiger partial charge in [0.2, 0.25) is 0 Å². The topological polar surface area (TPSA) is 54.5 Å². The summed E-state index contributed by atoms with van der Waals surface area (Å²) in [7, 11) is 0. The van der Waals surface area contributed by atoms with E-state index >= 15 is 0 Å². The zero-order valence-corrected chi connectivity index (χ0v) is 10.5. The van der Waals surface area contributed by atoms with Gasteiger partial charge in [0, 0.05) is 30.2 Å². The van der Waals surface area contributed by atoms with E-state index in [1.165, 1.54) is 5.69 Å². The number of hydrogen-bond acceptors (Lipinski definition) is 3. The van der Waals surface area contributed by atoms with E-state index in [-0.39, 0.29) is 0 Å². The second-order valence-corrected chi connectivity index (χ2v) is 4.70. The summed E-state index contributed by atoms with van der Waals surface area (Å²) in [5.41, 5.74) is 3.29. The molecule has 0 bridgehead atoms. The maximum Gasteiger partial charge on any atom is 0.0631 e. The standard InChI is InChI=1S/C13H18N4/c1-9(2)12-7-11(16-17-12)6-10(3)13-8-14-4-5-15-13/h4-5,7-10H,6H2,1-3H3,(H,16,17). The minimum atomic E-state index is 0.340. The molecule has 0 aliphatic rings. The van der Waals surface area contributed by atoms with Gasteiger partial charge in [0.25, 0.3) is 0 Å². The predicted octanol–water partition coefficient (Wildman–Crippen LogP) is 2.67. The van der Waals surface area contributed by atoms with Gasteiger partial charge in [-0.1, -0.05) is 20.8 Å². The molecule has 4 heteroatoms. The Labute approximate surface area is 102 Å². The van der Waals surface area contributed by atoms with Gasteiger partial charge in [-0.3, -0.25) is 15.1 Å². The molecular formula is C13H18N4. The Balaban J connectivity index is 2.05. The molecular weight excluding hydrogens is 212 g/mol. The summed E-state index contributed by atoms with van der Waals surface area (Å²) < 4.78 is 0. The zero-order chi connectivity index (χ0) is 12.3. The normalized spacial score (nSPS) is 12.9. The highest BCUT2D eigenvalue weighted by molar-refractivity contribution is 5.15. The van der Waals surface area contributed by atoms with Crippen molar-refractivity contribution in [2.45, 2.75) is 39.0 Å². The first-order valence-electron chi connectivity index (χ1n) is 5.97. The molecule has 0 aromatic carbocycles. The smallest absolute Gasteiger partial charge is 0.0631 e. The van der Waals surface area contributed by atoms with E-state index in [4.69, 9.17) is 0 Å². The van der Waals surface area contributed by atoms with Crippen molar-refractivity contribution < 1.29 is 0 Å². The van der Waals surface area contributed by atoms with Crippen LogP contribution in [0.2, 0.25) is 0 Å². The molecule has 0 saturated heterocycles. The van der Waals surface area contributed by atoms with E-state index in [1.54, 1.807) is 12.4 Å². The summed E-state index contributed by atoms with van der Waals surface area (Å²) >= 11 is 0. The van der Waals surface area contributed by atoms with Crippen LogP contribution in [0.1, 0.15) is 49.7 Å². The van der Waals surface area contributed by atoms with Crippen molar-refractivity contribution in [2.24, 2.45) is 0 Å². The molecule has 1 unspecified atom stereocenters. The second kappa shape index (κ2) is 5.08. The Hall–Kier alpha value is -1.71. The molecule has 0 radical (unpaired) electrons. The number of hydrogen-bond donors (Lipinski definition) is 1. The summed E-state index contributed by atoms with van der Waals surface area (Å²) in [5, 5.41) is 7.41. The quantitative estimate of drug-likeness (QED) is 0.878. The van der Waals surface area contributed by atoms with E-state index in [2.05, 4.69) is 47.0 Å². The van der Waals surface area contributed by atoms with Gasteiger partial charge >= 0.3 is 0 Å². The first-order valence-corrected chi connectivity index (χ1v) is 5.97. The molecule has 0 spiro atoms. The maximum atomic E-state index is 4.33. The van der Waals surface area contributed by atoms with Gasteiger partial charge in [0.05, 0.1) is 11.4 Å². The van der Waals surface area contributed by atoms with E-state index in [0.717, 1.165) is 17.8 Å². The molecule has 2 aromatic rings. The highest BCUT2D eigenvalue weighted by Gasteiger charge is 2.11. The van der Waals surface area contributed by atoms with Crippen molar-refractivity contribution in [1.29, 1.82) is 0 Å². The average molecular weight is 230 g/mol. The Morgan fingerprint density at radius 1 is 1.24 bits per heavy atom. The largest absolute Gasteiger partial charge is 0.282 e. The van der Waals surface area contributed by atoms with Crippen LogP contribution in [-0.2, 0) is 6.42 Å². The van der Waals surface area contributed by atoms with Crippen molar-refractivity contribution in [3.05, 3.63) is 41.7 Å². The van der Waals surface area contributed by atoms with Crippen LogP contribution in [0.5, 0.6) is 0 Å². The highest BCUT2D eigenvalue weighted by Crippen LogP contribution is 2.19. The lowest BCUT2D eigenvalue weighted by Crippen LogP contribution is -2.01. The lowest BCUT2D eigenvalue weighted by Gasteiger charge is -2.07. The van der Waals surface area contributed by atoms with Crippen LogP contribution in [-0.4, -0.2) is 20.2 Å². The predicted molar refractivity (Wildman–Crippen MR) is 66.8 cm³/mol. The third-order valence-electron chi connectivity index (χ3n) is 2.88. The fourth-order valence-electron chi connectivity index (χ4n) is 1.76. The SMILES string of the molecule is CC(C)c1cc(CC(C)c2cnccn2)n[nH]1. The molecule has 2 heterocycles. The molecule has 2 aromatic heterocycles. The van der Waals surface area contributed by atoms with Crippen molar-refractivity contribution in [1.82, 2.24) is 20.2 Å². The Kier molecular flexibility index (Phi) is 3.52. The maximum absolute atomic E-state index is 4.33. The van der Waals surface area contributed by atoms with Gasteiger partial charge in [0.1, 0.15) is 0 Å². The fraction of sp³-hybridized carbons (Fsp3) is 0.462. The number of aromatic nitrogens is 4. The van der Waals surface area contributed by atoms with Crippen LogP contribution in [0, 0.1) is 0 Å². The molecule has 0 fully saturated rings. The fourth-order valence-corrected chi connectivity index (χ4v) is 1.76. The van der Waals surface area contributed by atoms with Gasteiger partial charge in [0.15, 0.2) is 0 Å². The molecule has 0 saturated carbocycles. The molecule has 0 aliphatic carbocycles. The summed E-state index contributed by atoms with van der Waals surface area (Å²) in [6, 6.07) is 2.14. The highest BCUT2D eigenvalue weighted by atomic mass is 15.1. The van der Waals surface area contributed by atoms with Crippen LogP contribution < -0.4 is 0 Å². The molecule has 90 valence electrons. The van der Waals surface area contributed by atoms with E-state index in [9.17, 15) is 0 Å². The lowest BCUT2D eigenvalue weighted by atomic mass is 10.0. The van der Waals surface area contributed by atoms with Gasteiger partial charge < -0.3 is 0 Å². The molecule has 1 N–H and O–H groups in total. The molecule has 1 atom stereocenters. The summed E-state index contributed by atoms with van der Waals surface area (Å²) in [6.45, 7) is 6.46. The first kappa shape index (κ1) is 11.8. The number of rotatable bonds is 4. The summed E-state index contributed by atoms with van der Waals surface area (Å²) in [4.78, 5) is 8.41. The zero-order valence-electron chi connectivity index (χ0n) is 10.5. The van der Waals surface area contributed by atoms with Crippen molar-refractivity contribution in [3.8, 4) is 0 Å². The van der Waals surface area contributed by atoms with Crippen molar-refractivity contribution >= 4 is 0 Å². The van der Waals surface area contributed by atoms with Crippen LogP contribution in [0.4, 0.5) is 0 Å². The number of aromatic amines is 1. The second-order valence-electron chi connectivity index (χ2n) is 4.70. The van der Waals surface area contributed by atoms with E-state index in [0.29, 0.717) is 11.8 Å². The number of nitrogens with zero attached hydrogens (tertiary/aromatic N) is 3. The third kappa shape index (κ3) is 2.90. The van der Waals surface area contributed by atoms with Crippen molar-refractivity contribution in [3.63, 3.8) is 0 Å². The Morgan fingerprint density at radius 3 is 2.65 bits per heavy atom. The van der Waals surface area contributed by atoms with Gasteiger partial charge in [-0.15, -0.1) is 0 Å². The Bertz CT molecular complexity index is 461. The van der Waals surface area contributed by atoms with Gasteiger partial charge in [-0.2, -0.15) is 5.10 Å². The van der Waals surface area contributed by atoms with Crippen LogP contribution in [0.25, 0.3) is 0 Å². The van der Waals surface area contributed by atoms with Crippen LogP contribution in [0.3, 0.4) is 0 Å². The van der Waals surface area contributed by atoms with Crippen LogP contribution in [0.15, 0.2) is 24.7 Å². The van der Waals surface area contributed by atoms with Crippen LogP contribution >= 0.6 is 0 Å². The molecule has 4 nitrogen and oxygen atoms in total. The van der Waals surface area contributed by atoms with E-state index in [1.807, 2.05) is 6.20 Å². The van der Waals surface area contributed by atoms with Crippen molar-refractivity contribution in [2.75, 3.05) is 0 Å². The molecule has 0 aliphatic heterocycles. The average Bonchev–Trinajstić information content (AvgIpc) is 2.79. The Morgan fingerprint density at radius 2 is 2.06 bits per heavy atom. The lowest BCUT2D eigenvalue weighted by molar-refractivity contribution is 0.706. The minimum absolute atomic E-state index is 0.340. The summed E-state index contributed by atoms with van der Waals surface area (Å²) in [5.74, 6) is 0.829.